The molecule has 0 aliphatic carbocycles. The monoisotopic (exact) mass is 426 g/mol. The van der Waals surface area contributed by atoms with Crippen molar-refractivity contribution in [3.8, 4) is 0 Å². The van der Waals surface area contributed by atoms with Crippen LogP contribution in [0.3, 0.4) is 0 Å². The van der Waals surface area contributed by atoms with Crippen LogP contribution in [-0.2, 0) is 6.54 Å². The molecule has 2 aromatic carbocycles. The molecule has 0 radical (unpaired) electrons. The topological polar surface area (TPSA) is 59.8 Å². The van der Waals surface area contributed by atoms with Crippen molar-refractivity contribution in [3.05, 3.63) is 76.0 Å². The lowest BCUT2D eigenvalue weighted by Crippen LogP contribution is -2.11. The summed E-state index contributed by atoms with van der Waals surface area (Å²) in [6, 6.07) is 13.6. The van der Waals surface area contributed by atoms with Gasteiger partial charge in [0.05, 0.1) is 27.4 Å². The first kappa shape index (κ1) is 16.9. The van der Waals surface area contributed by atoms with Gasteiger partial charge in [-0.15, -0.1) is 0 Å². The molecular formula is C19H15BrN4OS. The van der Waals surface area contributed by atoms with Crippen LogP contribution >= 0.6 is 27.3 Å². The van der Waals surface area contributed by atoms with E-state index in [1.165, 1.54) is 16.9 Å². The van der Waals surface area contributed by atoms with E-state index in [9.17, 15) is 4.79 Å². The predicted molar refractivity (Wildman–Crippen MR) is 108 cm³/mol. The Labute approximate surface area is 162 Å². The third-order valence-electron chi connectivity index (χ3n) is 3.93. The van der Waals surface area contributed by atoms with Gasteiger partial charge in [-0.05, 0) is 58.2 Å². The number of fused-ring (bicyclic) bond motifs is 1. The van der Waals surface area contributed by atoms with E-state index in [1.54, 1.807) is 6.20 Å². The minimum Gasteiger partial charge on any atom is -0.298 e. The van der Waals surface area contributed by atoms with Gasteiger partial charge in [0, 0.05) is 11.8 Å². The van der Waals surface area contributed by atoms with E-state index in [0.29, 0.717) is 17.2 Å². The molecular weight excluding hydrogens is 412 g/mol. The molecule has 26 heavy (non-hydrogen) atoms. The number of nitrogens with zero attached hydrogens (tertiary/aromatic N) is 3. The minimum atomic E-state index is -0.158. The summed E-state index contributed by atoms with van der Waals surface area (Å²) in [5, 5.41) is 7.73. The number of benzene rings is 2. The molecule has 7 heteroatoms. The van der Waals surface area contributed by atoms with Crippen LogP contribution in [0, 0.1) is 6.92 Å². The number of nitrogens with one attached hydrogen (secondary N) is 1. The summed E-state index contributed by atoms with van der Waals surface area (Å²) in [5.41, 5.74) is 3.76. The Balaban J connectivity index is 1.46. The molecule has 0 aliphatic heterocycles. The molecule has 130 valence electrons. The highest BCUT2D eigenvalue weighted by molar-refractivity contribution is 9.10. The lowest BCUT2D eigenvalue weighted by Gasteiger charge is -2.04. The van der Waals surface area contributed by atoms with Crippen molar-refractivity contribution in [3.63, 3.8) is 0 Å². The SMILES string of the molecule is Cc1ccc2nc(NC(=O)c3ccc(Cn4cc(Br)cn4)cc3)sc2c1. The largest absolute Gasteiger partial charge is 0.298 e. The summed E-state index contributed by atoms with van der Waals surface area (Å²) in [7, 11) is 0. The smallest absolute Gasteiger partial charge is 0.257 e. The Bertz CT molecular complexity index is 1080. The summed E-state index contributed by atoms with van der Waals surface area (Å²) in [5.74, 6) is -0.158. The minimum absolute atomic E-state index is 0.158. The Kier molecular flexibility index (Phi) is 4.57. The number of hydrogen-bond donors (Lipinski definition) is 1. The number of amides is 1. The van der Waals surface area contributed by atoms with Gasteiger partial charge in [0.1, 0.15) is 0 Å². The molecule has 5 nitrogen and oxygen atoms in total. The third kappa shape index (κ3) is 3.68. The van der Waals surface area contributed by atoms with Crippen LogP contribution in [0.1, 0.15) is 21.5 Å². The summed E-state index contributed by atoms with van der Waals surface area (Å²) in [6.45, 7) is 2.70. The first-order valence-electron chi connectivity index (χ1n) is 8.02. The zero-order valence-corrected chi connectivity index (χ0v) is 16.3. The molecule has 0 bridgehead atoms. The molecule has 0 spiro atoms. The average Bonchev–Trinajstić information content (AvgIpc) is 3.20. The number of aromatic nitrogens is 3. The fraction of sp³-hybridized carbons (Fsp3) is 0.105. The number of carbonyl (C=O) groups is 1. The van der Waals surface area contributed by atoms with Crippen LogP contribution in [0.5, 0.6) is 0 Å². The van der Waals surface area contributed by atoms with Crippen LogP contribution in [0.4, 0.5) is 5.13 Å². The second kappa shape index (κ2) is 7.01. The highest BCUT2D eigenvalue weighted by Crippen LogP contribution is 2.27. The lowest BCUT2D eigenvalue weighted by atomic mass is 10.1. The summed E-state index contributed by atoms with van der Waals surface area (Å²) < 4.78 is 3.85. The number of hydrogen-bond acceptors (Lipinski definition) is 4. The maximum absolute atomic E-state index is 12.5. The molecule has 0 fully saturated rings. The van der Waals surface area contributed by atoms with Gasteiger partial charge in [0.2, 0.25) is 0 Å². The van der Waals surface area contributed by atoms with E-state index in [0.717, 1.165) is 20.3 Å². The first-order chi connectivity index (χ1) is 12.6. The van der Waals surface area contributed by atoms with Gasteiger partial charge in [-0.25, -0.2) is 4.98 Å². The lowest BCUT2D eigenvalue weighted by molar-refractivity contribution is 0.102. The second-order valence-electron chi connectivity index (χ2n) is 6.00. The van der Waals surface area contributed by atoms with Crippen molar-refractivity contribution in [2.75, 3.05) is 5.32 Å². The number of carbonyl (C=O) groups excluding carboxylic acids is 1. The molecule has 0 aliphatic rings. The molecule has 1 N–H and O–H groups in total. The fourth-order valence-corrected chi connectivity index (χ4v) is 3.92. The van der Waals surface area contributed by atoms with Gasteiger partial charge in [-0.3, -0.25) is 14.8 Å². The van der Waals surface area contributed by atoms with Crippen molar-refractivity contribution in [2.24, 2.45) is 0 Å². The van der Waals surface area contributed by atoms with E-state index in [1.807, 2.05) is 54.2 Å². The quantitative estimate of drug-likeness (QED) is 0.506. The number of anilines is 1. The van der Waals surface area contributed by atoms with Crippen LogP contribution < -0.4 is 5.32 Å². The van der Waals surface area contributed by atoms with Crippen molar-refractivity contribution >= 4 is 48.5 Å². The number of rotatable bonds is 4. The summed E-state index contributed by atoms with van der Waals surface area (Å²) in [6.07, 6.45) is 3.66. The van der Waals surface area contributed by atoms with Crippen LogP contribution in [0.25, 0.3) is 10.2 Å². The highest BCUT2D eigenvalue weighted by Gasteiger charge is 2.10. The van der Waals surface area contributed by atoms with E-state index in [2.05, 4.69) is 37.4 Å². The van der Waals surface area contributed by atoms with Gasteiger partial charge >= 0.3 is 0 Å². The number of halogens is 1. The summed E-state index contributed by atoms with van der Waals surface area (Å²) in [4.78, 5) is 16.9. The number of thiazole rings is 1. The molecule has 4 aromatic rings. The molecule has 0 saturated heterocycles. The van der Waals surface area contributed by atoms with Crippen LogP contribution in [0.2, 0.25) is 0 Å². The first-order valence-corrected chi connectivity index (χ1v) is 9.63. The van der Waals surface area contributed by atoms with Crippen LogP contribution in [-0.4, -0.2) is 20.7 Å². The van der Waals surface area contributed by atoms with Gasteiger partial charge in [0.15, 0.2) is 5.13 Å². The molecule has 0 unspecified atom stereocenters. The maximum Gasteiger partial charge on any atom is 0.257 e. The van der Waals surface area contributed by atoms with Gasteiger partial charge in [-0.2, -0.15) is 5.10 Å². The second-order valence-corrected chi connectivity index (χ2v) is 7.94. The normalized spacial score (nSPS) is 11.0. The van der Waals surface area contributed by atoms with Crippen molar-refractivity contribution in [1.29, 1.82) is 0 Å². The molecule has 0 atom stereocenters. The van der Waals surface area contributed by atoms with Gasteiger partial charge in [-0.1, -0.05) is 29.5 Å². The molecule has 0 saturated carbocycles. The van der Waals surface area contributed by atoms with E-state index in [4.69, 9.17) is 0 Å². The van der Waals surface area contributed by atoms with Gasteiger partial charge < -0.3 is 0 Å². The van der Waals surface area contributed by atoms with E-state index < -0.39 is 0 Å². The number of aryl methyl sites for hydroxylation is 1. The Morgan fingerprint density at radius 3 is 2.77 bits per heavy atom. The van der Waals surface area contributed by atoms with Crippen molar-refractivity contribution < 1.29 is 4.79 Å². The van der Waals surface area contributed by atoms with Crippen LogP contribution in [0.15, 0.2) is 59.3 Å². The Morgan fingerprint density at radius 1 is 1.23 bits per heavy atom. The standard InChI is InChI=1S/C19H15BrN4OS/c1-12-2-7-16-17(8-12)26-19(22-16)23-18(25)14-5-3-13(4-6-14)10-24-11-15(20)9-21-24/h2-9,11H,10H2,1H3,(H,22,23,25). The zero-order valence-electron chi connectivity index (χ0n) is 13.9. The highest BCUT2D eigenvalue weighted by atomic mass is 79.9. The fourth-order valence-electron chi connectivity index (χ4n) is 2.63. The van der Waals surface area contributed by atoms with Gasteiger partial charge in [0.25, 0.3) is 5.91 Å². The van der Waals surface area contributed by atoms with E-state index >= 15 is 0 Å². The van der Waals surface area contributed by atoms with Crippen molar-refractivity contribution in [2.45, 2.75) is 13.5 Å². The van der Waals surface area contributed by atoms with Crippen molar-refractivity contribution in [1.82, 2.24) is 14.8 Å². The summed E-state index contributed by atoms with van der Waals surface area (Å²) >= 11 is 4.87. The molecule has 1 amide bonds. The third-order valence-corrected chi connectivity index (χ3v) is 5.27. The Morgan fingerprint density at radius 2 is 2.04 bits per heavy atom. The Hall–Kier alpha value is -2.51. The maximum atomic E-state index is 12.5. The average molecular weight is 427 g/mol. The molecule has 4 rings (SSSR count). The zero-order chi connectivity index (χ0) is 18.1. The molecule has 2 heterocycles. The predicted octanol–water partition coefficient (Wildman–Crippen LogP) is 4.86. The molecule has 2 aromatic heterocycles. The van der Waals surface area contributed by atoms with E-state index in [-0.39, 0.29) is 5.91 Å².